The van der Waals surface area contributed by atoms with Gasteiger partial charge < -0.3 is 5.32 Å². The zero-order chi connectivity index (χ0) is 17.9. The Morgan fingerprint density at radius 3 is 2.50 bits per heavy atom. The predicted molar refractivity (Wildman–Crippen MR) is 87.4 cm³/mol. The lowest BCUT2D eigenvalue weighted by atomic mass is 10.3. The van der Waals surface area contributed by atoms with Crippen LogP contribution in [0.4, 0.5) is 19.0 Å². The first-order valence-electron chi connectivity index (χ1n) is 6.48. The average Bonchev–Trinajstić information content (AvgIpc) is 2.49. The van der Waals surface area contributed by atoms with Gasteiger partial charge in [0, 0.05) is 12.4 Å². The van der Waals surface area contributed by atoms with Crippen molar-refractivity contribution in [3.63, 3.8) is 0 Å². The summed E-state index contributed by atoms with van der Waals surface area (Å²) >= 11 is 12.6. The van der Waals surface area contributed by atoms with E-state index >= 15 is 0 Å². The molecule has 0 aliphatic heterocycles. The first-order valence-corrected chi connectivity index (χ1v) is 8.12. The molecule has 1 N–H and O–H groups in total. The molecule has 2 aromatic heterocycles. The third-order valence-electron chi connectivity index (χ3n) is 2.78. The Morgan fingerprint density at radius 2 is 1.96 bits per heavy atom. The highest BCUT2D eigenvalue weighted by Crippen LogP contribution is 2.30. The summed E-state index contributed by atoms with van der Waals surface area (Å²) < 4.78 is 37.4. The molecule has 2 heterocycles. The van der Waals surface area contributed by atoms with E-state index in [4.69, 9.17) is 23.2 Å². The van der Waals surface area contributed by atoms with E-state index in [0.717, 1.165) is 24.0 Å². The van der Waals surface area contributed by atoms with E-state index in [1.807, 2.05) is 0 Å². The van der Waals surface area contributed by atoms with Gasteiger partial charge in [-0.3, -0.25) is 4.79 Å². The second-order valence-electron chi connectivity index (χ2n) is 4.62. The number of hydrogen-bond donors (Lipinski definition) is 1. The van der Waals surface area contributed by atoms with Gasteiger partial charge in [-0.05, 0) is 25.1 Å². The van der Waals surface area contributed by atoms with Crippen molar-refractivity contribution in [1.82, 2.24) is 9.97 Å². The maximum absolute atomic E-state index is 12.5. The van der Waals surface area contributed by atoms with Crippen molar-refractivity contribution >= 4 is 46.7 Å². The largest absolute Gasteiger partial charge is 0.417 e. The van der Waals surface area contributed by atoms with Crippen molar-refractivity contribution in [2.75, 3.05) is 5.32 Å². The summed E-state index contributed by atoms with van der Waals surface area (Å²) in [5, 5.41) is 2.70. The van der Waals surface area contributed by atoms with Gasteiger partial charge in [-0.1, -0.05) is 35.0 Å². The molecule has 0 fully saturated rings. The van der Waals surface area contributed by atoms with Crippen LogP contribution in [0.25, 0.3) is 0 Å². The van der Waals surface area contributed by atoms with Gasteiger partial charge in [0.2, 0.25) is 5.91 Å². The van der Waals surface area contributed by atoms with E-state index in [2.05, 4.69) is 15.3 Å². The van der Waals surface area contributed by atoms with Gasteiger partial charge in [0.15, 0.2) is 5.82 Å². The maximum atomic E-state index is 12.5. The third-order valence-corrected chi connectivity index (χ3v) is 4.33. The standard InChI is InChI=1S/C14H10Cl2F3N3OS/c1-7(13(23)22-12-10(16)4-9(15)6-21-12)24-11-3-2-8(5-20-11)14(17,18)19/h2-7H,1H3,(H,21,22,23). The van der Waals surface area contributed by atoms with E-state index in [0.29, 0.717) is 10.0 Å². The Labute approximate surface area is 149 Å². The highest BCUT2D eigenvalue weighted by Gasteiger charge is 2.30. The quantitative estimate of drug-likeness (QED) is 0.746. The number of hydrogen-bond acceptors (Lipinski definition) is 4. The van der Waals surface area contributed by atoms with Crippen LogP contribution in [0.5, 0.6) is 0 Å². The van der Waals surface area contributed by atoms with E-state index in [1.165, 1.54) is 18.3 Å². The zero-order valence-electron chi connectivity index (χ0n) is 12.1. The summed E-state index contributed by atoms with van der Waals surface area (Å²) in [4.78, 5) is 19.7. The number of thioether (sulfide) groups is 1. The molecule has 24 heavy (non-hydrogen) atoms. The summed E-state index contributed by atoms with van der Waals surface area (Å²) in [5.41, 5.74) is -0.846. The van der Waals surface area contributed by atoms with Crippen LogP contribution in [0.15, 0.2) is 35.6 Å². The Balaban J connectivity index is 2.01. The molecule has 0 aliphatic rings. The van der Waals surface area contributed by atoms with Gasteiger partial charge >= 0.3 is 6.18 Å². The van der Waals surface area contributed by atoms with Crippen molar-refractivity contribution in [3.8, 4) is 0 Å². The lowest BCUT2D eigenvalue weighted by Crippen LogP contribution is -2.23. The van der Waals surface area contributed by atoms with Gasteiger partial charge in [-0.15, -0.1) is 0 Å². The molecule has 4 nitrogen and oxygen atoms in total. The van der Waals surface area contributed by atoms with Crippen LogP contribution in [0.1, 0.15) is 12.5 Å². The Kier molecular flexibility index (Phi) is 5.95. The third kappa shape index (κ3) is 4.99. The van der Waals surface area contributed by atoms with Crippen molar-refractivity contribution in [2.45, 2.75) is 23.4 Å². The number of anilines is 1. The van der Waals surface area contributed by atoms with Gasteiger partial charge in [-0.2, -0.15) is 13.2 Å². The summed E-state index contributed by atoms with van der Waals surface area (Å²) in [6.07, 6.45) is -2.39. The summed E-state index contributed by atoms with van der Waals surface area (Å²) in [6, 6.07) is 3.56. The van der Waals surface area contributed by atoms with E-state index < -0.39 is 22.9 Å². The van der Waals surface area contributed by atoms with Crippen LogP contribution in [-0.4, -0.2) is 21.1 Å². The number of pyridine rings is 2. The number of alkyl halides is 3. The number of carbonyl (C=O) groups excluding carboxylic acids is 1. The first-order chi connectivity index (χ1) is 11.2. The summed E-state index contributed by atoms with van der Waals surface area (Å²) in [7, 11) is 0. The van der Waals surface area contributed by atoms with Crippen LogP contribution in [0.3, 0.4) is 0 Å². The summed E-state index contributed by atoms with van der Waals surface area (Å²) in [6.45, 7) is 1.59. The molecule has 0 aromatic carbocycles. The van der Waals surface area contributed by atoms with E-state index in [1.54, 1.807) is 6.92 Å². The minimum absolute atomic E-state index is 0.152. The zero-order valence-corrected chi connectivity index (χ0v) is 14.4. The normalized spacial score (nSPS) is 12.8. The number of nitrogens with zero attached hydrogens (tertiary/aromatic N) is 2. The topological polar surface area (TPSA) is 54.9 Å². The van der Waals surface area contributed by atoms with Gasteiger partial charge in [0.25, 0.3) is 0 Å². The monoisotopic (exact) mass is 395 g/mol. The Hall–Kier alpha value is -1.51. The van der Waals surface area contributed by atoms with Gasteiger partial charge in [0.1, 0.15) is 0 Å². The molecule has 0 saturated carbocycles. The predicted octanol–water partition coefficient (Wildman–Crippen LogP) is 4.92. The van der Waals surface area contributed by atoms with E-state index in [9.17, 15) is 18.0 Å². The fourth-order valence-electron chi connectivity index (χ4n) is 1.58. The first kappa shape index (κ1) is 18.8. The fraction of sp³-hybridized carbons (Fsp3) is 0.214. The molecule has 0 radical (unpaired) electrons. The highest BCUT2D eigenvalue weighted by molar-refractivity contribution is 8.00. The molecular weight excluding hydrogens is 386 g/mol. The molecule has 0 bridgehead atoms. The second kappa shape index (κ2) is 7.58. The van der Waals surface area contributed by atoms with Crippen LogP contribution in [0, 0.1) is 0 Å². The van der Waals surface area contributed by atoms with Crippen molar-refractivity contribution in [2.24, 2.45) is 0 Å². The van der Waals surface area contributed by atoms with Crippen LogP contribution in [-0.2, 0) is 11.0 Å². The number of rotatable bonds is 4. The maximum Gasteiger partial charge on any atom is 0.417 e. The molecule has 0 spiro atoms. The second-order valence-corrected chi connectivity index (χ2v) is 6.82. The molecule has 1 unspecified atom stereocenters. The fourth-order valence-corrected chi connectivity index (χ4v) is 2.79. The Morgan fingerprint density at radius 1 is 1.25 bits per heavy atom. The molecule has 128 valence electrons. The minimum atomic E-state index is -4.45. The number of carbonyl (C=O) groups is 1. The average molecular weight is 396 g/mol. The Bertz CT molecular complexity index is 741. The number of halogens is 5. The lowest BCUT2D eigenvalue weighted by Gasteiger charge is -2.12. The minimum Gasteiger partial charge on any atom is -0.308 e. The molecule has 0 aliphatic carbocycles. The van der Waals surface area contributed by atoms with Crippen LogP contribution < -0.4 is 5.32 Å². The number of amides is 1. The highest BCUT2D eigenvalue weighted by atomic mass is 35.5. The molecule has 2 rings (SSSR count). The SMILES string of the molecule is CC(Sc1ccc(C(F)(F)F)cn1)C(=O)Nc1ncc(Cl)cc1Cl. The van der Waals surface area contributed by atoms with Crippen molar-refractivity contribution in [1.29, 1.82) is 0 Å². The summed E-state index contributed by atoms with van der Waals surface area (Å²) in [5.74, 6) is -0.266. The van der Waals surface area contributed by atoms with E-state index in [-0.39, 0.29) is 10.8 Å². The molecule has 10 heteroatoms. The van der Waals surface area contributed by atoms with Crippen molar-refractivity contribution in [3.05, 3.63) is 46.2 Å². The molecule has 0 saturated heterocycles. The molecule has 1 atom stereocenters. The van der Waals surface area contributed by atoms with Crippen molar-refractivity contribution < 1.29 is 18.0 Å². The van der Waals surface area contributed by atoms with Crippen LogP contribution >= 0.6 is 35.0 Å². The van der Waals surface area contributed by atoms with Gasteiger partial charge in [0.05, 0.1) is 25.9 Å². The molecular formula is C14H10Cl2F3N3OS. The molecule has 1 amide bonds. The lowest BCUT2D eigenvalue weighted by molar-refractivity contribution is -0.137. The van der Waals surface area contributed by atoms with Crippen LogP contribution in [0.2, 0.25) is 10.0 Å². The molecule has 2 aromatic rings. The number of aromatic nitrogens is 2. The smallest absolute Gasteiger partial charge is 0.308 e. The number of nitrogens with one attached hydrogen (secondary N) is 1. The van der Waals surface area contributed by atoms with Gasteiger partial charge in [-0.25, -0.2) is 9.97 Å².